The van der Waals surface area contributed by atoms with Gasteiger partial charge in [-0.15, -0.1) is 0 Å². The van der Waals surface area contributed by atoms with Gasteiger partial charge in [0.25, 0.3) is 0 Å². The molecular formula is C16H18N4O3. The minimum absolute atomic E-state index is 0.0649. The van der Waals surface area contributed by atoms with Crippen LogP contribution < -0.4 is 10.2 Å². The van der Waals surface area contributed by atoms with Gasteiger partial charge in [0.1, 0.15) is 5.82 Å². The minimum Gasteiger partial charge on any atom is -0.476 e. The zero-order chi connectivity index (χ0) is 16.1. The van der Waals surface area contributed by atoms with E-state index in [2.05, 4.69) is 32.3 Å². The van der Waals surface area contributed by atoms with Gasteiger partial charge in [0.15, 0.2) is 5.69 Å². The number of ether oxygens (including phenoxy) is 1. The van der Waals surface area contributed by atoms with Crippen molar-refractivity contribution in [3.63, 3.8) is 0 Å². The second-order valence-electron chi connectivity index (χ2n) is 5.21. The molecule has 1 aromatic carbocycles. The van der Waals surface area contributed by atoms with Gasteiger partial charge in [0.2, 0.25) is 0 Å². The molecule has 7 heteroatoms. The normalized spacial score (nSPS) is 14.5. The zero-order valence-corrected chi connectivity index (χ0v) is 12.6. The lowest BCUT2D eigenvalue weighted by molar-refractivity contribution is 0.0690. The van der Waals surface area contributed by atoms with Crippen molar-refractivity contribution < 1.29 is 14.6 Å². The Morgan fingerprint density at radius 2 is 2.09 bits per heavy atom. The Morgan fingerprint density at radius 1 is 1.26 bits per heavy atom. The minimum atomic E-state index is -1.08. The molecule has 1 saturated heterocycles. The number of nitrogens with zero attached hydrogens (tertiary/aromatic N) is 3. The molecule has 0 spiro atoms. The molecule has 0 unspecified atom stereocenters. The summed E-state index contributed by atoms with van der Waals surface area (Å²) in [6.07, 6.45) is 2.67. The number of benzene rings is 1. The number of carbonyl (C=O) groups is 1. The maximum Gasteiger partial charge on any atom is 0.356 e. The molecule has 0 atom stereocenters. The molecule has 2 aromatic rings. The quantitative estimate of drug-likeness (QED) is 0.867. The smallest absolute Gasteiger partial charge is 0.356 e. The van der Waals surface area contributed by atoms with Crippen molar-refractivity contribution in [3.05, 3.63) is 47.9 Å². The van der Waals surface area contributed by atoms with Crippen molar-refractivity contribution >= 4 is 17.5 Å². The highest BCUT2D eigenvalue weighted by atomic mass is 16.5. The van der Waals surface area contributed by atoms with Crippen molar-refractivity contribution in [2.24, 2.45) is 0 Å². The van der Waals surface area contributed by atoms with E-state index in [1.807, 2.05) is 12.1 Å². The number of hydrogen-bond donors (Lipinski definition) is 2. The van der Waals surface area contributed by atoms with Gasteiger partial charge in [-0.05, 0) is 17.7 Å². The largest absolute Gasteiger partial charge is 0.476 e. The van der Waals surface area contributed by atoms with Crippen LogP contribution >= 0.6 is 0 Å². The topological polar surface area (TPSA) is 87.6 Å². The van der Waals surface area contributed by atoms with Crippen LogP contribution in [0.3, 0.4) is 0 Å². The molecule has 1 aliphatic rings. The summed E-state index contributed by atoms with van der Waals surface area (Å²) in [6, 6.07) is 8.30. The highest BCUT2D eigenvalue weighted by Crippen LogP contribution is 2.18. The molecule has 120 valence electrons. The van der Waals surface area contributed by atoms with E-state index in [-0.39, 0.29) is 5.69 Å². The monoisotopic (exact) mass is 314 g/mol. The van der Waals surface area contributed by atoms with Gasteiger partial charge < -0.3 is 20.1 Å². The van der Waals surface area contributed by atoms with E-state index in [9.17, 15) is 4.79 Å². The summed E-state index contributed by atoms with van der Waals surface area (Å²) < 4.78 is 5.37. The van der Waals surface area contributed by atoms with Crippen molar-refractivity contribution in [1.29, 1.82) is 0 Å². The third kappa shape index (κ3) is 3.95. The van der Waals surface area contributed by atoms with Crippen LogP contribution in [0.4, 0.5) is 11.5 Å². The average molecular weight is 314 g/mol. The number of aromatic nitrogens is 2. The van der Waals surface area contributed by atoms with E-state index in [1.54, 1.807) is 0 Å². The van der Waals surface area contributed by atoms with Crippen molar-refractivity contribution in [2.75, 3.05) is 36.5 Å². The summed E-state index contributed by atoms with van der Waals surface area (Å²) in [6.45, 7) is 3.92. The molecule has 7 nitrogen and oxygen atoms in total. The number of carboxylic acid groups (broad SMARTS) is 1. The molecule has 1 aliphatic heterocycles. The Hall–Kier alpha value is -2.67. The Labute approximate surface area is 133 Å². The third-order valence-corrected chi connectivity index (χ3v) is 3.63. The van der Waals surface area contributed by atoms with E-state index in [4.69, 9.17) is 9.84 Å². The highest BCUT2D eigenvalue weighted by Gasteiger charge is 2.11. The summed E-state index contributed by atoms with van der Waals surface area (Å²) in [5.41, 5.74) is 2.24. The summed E-state index contributed by atoms with van der Waals surface area (Å²) in [4.78, 5) is 20.9. The first-order valence-electron chi connectivity index (χ1n) is 7.43. The summed E-state index contributed by atoms with van der Waals surface area (Å²) >= 11 is 0. The van der Waals surface area contributed by atoms with Crippen molar-refractivity contribution in [1.82, 2.24) is 9.97 Å². The molecule has 0 radical (unpaired) electrons. The Morgan fingerprint density at radius 3 is 2.78 bits per heavy atom. The summed E-state index contributed by atoms with van der Waals surface area (Å²) in [5.74, 6) is -0.533. The summed E-state index contributed by atoms with van der Waals surface area (Å²) in [5, 5.41) is 11.9. The first kappa shape index (κ1) is 15.2. The maximum absolute atomic E-state index is 10.7. The average Bonchev–Trinajstić information content (AvgIpc) is 2.61. The van der Waals surface area contributed by atoms with Crippen LogP contribution in [0, 0.1) is 0 Å². The lowest BCUT2D eigenvalue weighted by Crippen LogP contribution is -2.36. The molecular weight excluding hydrogens is 296 g/mol. The van der Waals surface area contributed by atoms with Crippen molar-refractivity contribution in [2.45, 2.75) is 6.54 Å². The van der Waals surface area contributed by atoms with Gasteiger partial charge in [-0.1, -0.05) is 12.1 Å². The maximum atomic E-state index is 10.7. The molecule has 23 heavy (non-hydrogen) atoms. The van der Waals surface area contributed by atoms with Crippen LogP contribution in [-0.2, 0) is 11.3 Å². The van der Waals surface area contributed by atoms with Gasteiger partial charge in [0, 0.05) is 25.3 Å². The number of carboxylic acids is 1. The number of morpholine rings is 1. The van der Waals surface area contributed by atoms with Crippen LogP contribution in [0.5, 0.6) is 0 Å². The zero-order valence-electron chi connectivity index (χ0n) is 12.6. The third-order valence-electron chi connectivity index (χ3n) is 3.63. The number of nitrogens with one attached hydrogen (secondary N) is 1. The molecule has 0 aliphatic carbocycles. The first-order valence-corrected chi connectivity index (χ1v) is 7.43. The SMILES string of the molecule is O=C(O)c1cnc(NCc2cccc(N3CCOCC3)c2)cn1. The van der Waals surface area contributed by atoms with Crippen LogP contribution in [0.2, 0.25) is 0 Å². The van der Waals surface area contributed by atoms with E-state index >= 15 is 0 Å². The molecule has 3 rings (SSSR count). The molecule has 0 bridgehead atoms. The van der Waals surface area contributed by atoms with E-state index < -0.39 is 5.97 Å². The first-order chi connectivity index (χ1) is 11.2. The molecule has 2 heterocycles. The molecule has 1 fully saturated rings. The predicted molar refractivity (Wildman–Crippen MR) is 85.8 cm³/mol. The van der Waals surface area contributed by atoms with Crippen LogP contribution in [0.1, 0.15) is 16.1 Å². The number of hydrogen-bond acceptors (Lipinski definition) is 6. The van der Waals surface area contributed by atoms with Crippen LogP contribution in [-0.4, -0.2) is 47.3 Å². The van der Waals surface area contributed by atoms with Gasteiger partial charge >= 0.3 is 5.97 Å². The Bertz CT molecular complexity index is 669. The Kier molecular flexibility index (Phi) is 4.68. The van der Waals surface area contributed by atoms with Gasteiger partial charge in [-0.3, -0.25) is 0 Å². The lowest BCUT2D eigenvalue weighted by atomic mass is 10.2. The number of anilines is 2. The van der Waals surface area contributed by atoms with E-state index in [1.165, 1.54) is 18.1 Å². The molecule has 2 N–H and O–H groups in total. The fraction of sp³-hybridized carbons (Fsp3) is 0.312. The standard InChI is InChI=1S/C16H18N4O3/c21-16(22)14-10-19-15(11-17-14)18-9-12-2-1-3-13(8-12)20-4-6-23-7-5-20/h1-3,8,10-11H,4-7,9H2,(H,18,19)(H,21,22). The lowest BCUT2D eigenvalue weighted by Gasteiger charge is -2.29. The van der Waals surface area contributed by atoms with Crippen LogP contribution in [0.25, 0.3) is 0 Å². The van der Waals surface area contributed by atoms with Gasteiger partial charge in [-0.25, -0.2) is 14.8 Å². The predicted octanol–water partition coefficient (Wildman–Crippen LogP) is 1.62. The van der Waals surface area contributed by atoms with Gasteiger partial charge in [0.05, 0.1) is 25.6 Å². The van der Waals surface area contributed by atoms with E-state index in [0.717, 1.165) is 31.9 Å². The van der Waals surface area contributed by atoms with Gasteiger partial charge in [-0.2, -0.15) is 0 Å². The fourth-order valence-electron chi connectivity index (χ4n) is 2.41. The van der Waals surface area contributed by atoms with E-state index in [0.29, 0.717) is 12.4 Å². The van der Waals surface area contributed by atoms with Crippen LogP contribution in [0.15, 0.2) is 36.7 Å². The molecule has 0 amide bonds. The molecule has 1 aromatic heterocycles. The number of aromatic carboxylic acids is 1. The second kappa shape index (κ2) is 7.06. The Balaban J connectivity index is 1.62. The fourth-order valence-corrected chi connectivity index (χ4v) is 2.41. The highest BCUT2D eigenvalue weighted by molar-refractivity contribution is 5.84. The summed E-state index contributed by atoms with van der Waals surface area (Å²) in [7, 11) is 0. The second-order valence-corrected chi connectivity index (χ2v) is 5.21. The number of rotatable bonds is 5. The van der Waals surface area contributed by atoms with Crippen molar-refractivity contribution in [3.8, 4) is 0 Å². The molecule has 0 saturated carbocycles.